The van der Waals surface area contributed by atoms with Crippen LogP contribution in [0, 0.1) is 5.41 Å². The highest BCUT2D eigenvalue weighted by Crippen LogP contribution is 2.43. The molecule has 112 valence electrons. The third kappa shape index (κ3) is 3.30. The summed E-state index contributed by atoms with van der Waals surface area (Å²) in [5, 5.41) is 1.03. The van der Waals surface area contributed by atoms with Crippen molar-refractivity contribution in [1.29, 1.82) is 0 Å². The molecule has 0 saturated heterocycles. The molecule has 0 amide bonds. The second-order valence-corrected chi connectivity index (χ2v) is 7.45. The average Bonchev–Trinajstić information content (AvgIpc) is 2.37. The lowest BCUT2D eigenvalue weighted by Gasteiger charge is -2.40. The zero-order chi connectivity index (χ0) is 14.8. The van der Waals surface area contributed by atoms with Crippen molar-refractivity contribution in [3.05, 3.63) is 23.8 Å². The van der Waals surface area contributed by atoms with Crippen LogP contribution in [0.15, 0.2) is 18.2 Å². The summed E-state index contributed by atoms with van der Waals surface area (Å²) >= 11 is 3.64. The van der Waals surface area contributed by atoms with Gasteiger partial charge in [0.15, 0.2) is 0 Å². The largest absolute Gasteiger partial charge is 0.497 e. The van der Waals surface area contributed by atoms with Crippen LogP contribution in [0.5, 0.6) is 11.5 Å². The molecule has 0 spiro atoms. The quantitative estimate of drug-likeness (QED) is 0.707. The number of benzene rings is 1. The first-order valence-corrected chi connectivity index (χ1v) is 8.40. The van der Waals surface area contributed by atoms with Crippen molar-refractivity contribution < 1.29 is 9.47 Å². The lowest BCUT2D eigenvalue weighted by molar-refractivity contribution is 0.0826. The molecule has 0 aromatic heterocycles. The van der Waals surface area contributed by atoms with E-state index in [0.29, 0.717) is 5.41 Å². The molecule has 1 aliphatic carbocycles. The molecule has 0 atom stereocenters. The van der Waals surface area contributed by atoms with E-state index >= 15 is 0 Å². The van der Waals surface area contributed by atoms with Crippen molar-refractivity contribution in [2.45, 2.75) is 45.4 Å². The molecule has 0 bridgehead atoms. The highest BCUT2D eigenvalue weighted by Gasteiger charge is 2.37. The van der Waals surface area contributed by atoms with Crippen LogP contribution < -0.4 is 9.47 Å². The zero-order valence-corrected chi connectivity index (χ0v) is 14.5. The van der Waals surface area contributed by atoms with Crippen LogP contribution in [0.2, 0.25) is 0 Å². The number of ether oxygens (including phenoxy) is 2. The molecule has 2 rings (SSSR count). The van der Waals surface area contributed by atoms with Gasteiger partial charge < -0.3 is 9.47 Å². The SMILES string of the molecule is COc1ccc(OCC2(CBr)CCC2)c(C(C)(C)C)c1. The standard InChI is InChI=1S/C17H25BrO2/c1-16(2,3)14-10-13(19-4)6-7-15(14)20-12-17(11-18)8-5-9-17/h6-7,10H,5,8-9,11-12H2,1-4H3. The maximum Gasteiger partial charge on any atom is 0.123 e. The van der Waals surface area contributed by atoms with Gasteiger partial charge in [0.05, 0.1) is 13.7 Å². The maximum absolute atomic E-state index is 6.18. The van der Waals surface area contributed by atoms with Crippen LogP contribution in [-0.4, -0.2) is 19.0 Å². The number of halogens is 1. The van der Waals surface area contributed by atoms with E-state index in [9.17, 15) is 0 Å². The van der Waals surface area contributed by atoms with Gasteiger partial charge >= 0.3 is 0 Å². The van der Waals surface area contributed by atoms with Crippen LogP contribution in [-0.2, 0) is 5.41 Å². The molecule has 0 heterocycles. The van der Waals surface area contributed by atoms with E-state index in [1.807, 2.05) is 12.1 Å². The molecular weight excluding hydrogens is 316 g/mol. The first-order chi connectivity index (χ1) is 9.40. The Morgan fingerprint density at radius 2 is 1.95 bits per heavy atom. The molecule has 0 radical (unpaired) electrons. The Morgan fingerprint density at radius 3 is 2.40 bits per heavy atom. The molecule has 0 aliphatic heterocycles. The van der Waals surface area contributed by atoms with Gasteiger partial charge in [-0.15, -0.1) is 0 Å². The van der Waals surface area contributed by atoms with E-state index in [0.717, 1.165) is 23.4 Å². The number of methoxy groups -OCH3 is 1. The van der Waals surface area contributed by atoms with Crippen molar-refractivity contribution in [2.24, 2.45) is 5.41 Å². The number of hydrogen-bond acceptors (Lipinski definition) is 2. The predicted octanol–water partition coefficient (Wildman–Crippen LogP) is 4.94. The summed E-state index contributed by atoms with van der Waals surface area (Å²) in [7, 11) is 1.70. The van der Waals surface area contributed by atoms with Crippen molar-refractivity contribution in [1.82, 2.24) is 0 Å². The van der Waals surface area contributed by atoms with Gasteiger partial charge in [0, 0.05) is 16.3 Å². The number of hydrogen-bond donors (Lipinski definition) is 0. The van der Waals surface area contributed by atoms with E-state index in [1.54, 1.807) is 7.11 Å². The molecule has 1 aromatic rings. The minimum absolute atomic E-state index is 0.0467. The Hall–Kier alpha value is -0.700. The summed E-state index contributed by atoms with van der Waals surface area (Å²) < 4.78 is 11.5. The van der Waals surface area contributed by atoms with Crippen LogP contribution >= 0.6 is 15.9 Å². The minimum Gasteiger partial charge on any atom is -0.497 e. The third-order valence-electron chi connectivity index (χ3n) is 4.23. The van der Waals surface area contributed by atoms with Gasteiger partial charge in [-0.25, -0.2) is 0 Å². The van der Waals surface area contributed by atoms with Gasteiger partial charge in [-0.3, -0.25) is 0 Å². The smallest absolute Gasteiger partial charge is 0.123 e. The molecule has 1 aliphatic rings. The number of rotatable bonds is 5. The number of alkyl halides is 1. The van der Waals surface area contributed by atoms with Crippen molar-refractivity contribution in [2.75, 3.05) is 19.0 Å². The maximum atomic E-state index is 6.18. The molecule has 1 fully saturated rings. The summed E-state index contributed by atoms with van der Waals surface area (Å²) in [6.45, 7) is 7.42. The summed E-state index contributed by atoms with van der Waals surface area (Å²) in [6, 6.07) is 6.11. The van der Waals surface area contributed by atoms with Gasteiger partial charge in [-0.1, -0.05) is 43.1 Å². The Bertz CT molecular complexity index is 453. The van der Waals surface area contributed by atoms with E-state index in [4.69, 9.17) is 9.47 Å². The normalized spacial score (nSPS) is 17.4. The fourth-order valence-electron chi connectivity index (χ4n) is 2.57. The van der Waals surface area contributed by atoms with E-state index < -0.39 is 0 Å². The van der Waals surface area contributed by atoms with Crippen LogP contribution in [0.3, 0.4) is 0 Å². The zero-order valence-electron chi connectivity index (χ0n) is 13.0. The van der Waals surface area contributed by atoms with Gasteiger partial charge in [0.1, 0.15) is 11.5 Å². The topological polar surface area (TPSA) is 18.5 Å². The molecule has 0 N–H and O–H groups in total. The van der Waals surface area contributed by atoms with Crippen LogP contribution in [0.25, 0.3) is 0 Å². The second kappa shape index (κ2) is 5.97. The lowest BCUT2D eigenvalue weighted by atomic mass is 9.71. The summed E-state index contributed by atoms with van der Waals surface area (Å²) in [6.07, 6.45) is 3.85. The predicted molar refractivity (Wildman–Crippen MR) is 87.3 cm³/mol. The monoisotopic (exact) mass is 340 g/mol. The highest BCUT2D eigenvalue weighted by molar-refractivity contribution is 9.09. The molecule has 2 nitrogen and oxygen atoms in total. The van der Waals surface area contributed by atoms with Crippen molar-refractivity contribution >= 4 is 15.9 Å². The Kier molecular flexibility index (Phi) is 4.68. The Balaban J connectivity index is 2.18. The molecule has 20 heavy (non-hydrogen) atoms. The lowest BCUT2D eigenvalue weighted by Crippen LogP contribution is -2.37. The van der Waals surface area contributed by atoms with Crippen molar-refractivity contribution in [3.63, 3.8) is 0 Å². The van der Waals surface area contributed by atoms with Gasteiger partial charge in [0.25, 0.3) is 0 Å². The third-order valence-corrected chi connectivity index (χ3v) is 5.42. The van der Waals surface area contributed by atoms with Crippen LogP contribution in [0.1, 0.15) is 45.6 Å². The Labute approximate surface area is 131 Å². The molecular formula is C17H25BrO2. The highest BCUT2D eigenvalue weighted by atomic mass is 79.9. The fourth-order valence-corrected chi connectivity index (χ4v) is 3.29. The first-order valence-electron chi connectivity index (χ1n) is 7.27. The molecule has 1 saturated carbocycles. The Morgan fingerprint density at radius 1 is 1.25 bits per heavy atom. The molecule has 1 aromatic carbocycles. The summed E-state index contributed by atoms with van der Waals surface area (Å²) in [5.41, 5.74) is 1.60. The second-order valence-electron chi connectivity index (χ2n) is 6.89. The van der Waals surface area contributed by atoms with Gasteiger partial charge in [-0.2, -0.15) is 0 Å². The molecule has 3 heteroatoms. The van der Waals surface area contributed by atoms with Crippen LogP contribution in [0.4, 0.5) is 0 Å². The fraction of sp³-hybridized carbons (Fsp3) is 0.647. The summed E-state index contributed by atoms with van der Waals surface area (Å²) in [5.74, 6) is 1.88. The van der Waals surface area contributed by atoms with E-state index in [2.05, 4.69) is 42.8 Å². The van der Waals surface area contributed by atoms with Gasteiger partial charge in [0.2, 0.25) is 0 Å². The van der Waals surface area contributed by atoms with E-state index in [-0.39, 0.29) is 5.41 Å². The van der Waals surface area contributed by atoms with Gasteiger partial charge in [-0.05, 0) is 36.5 Å². The molecule has 0 unspecified atom stereocenters. The summed E-state index contributed by atoms with van der Waals surface area (Å²) in [4.78, 5) is 0. The minimum atomic E-state index is 0.0467. The van der Waals surface area contributed by atoms with E-state index in [1.165, 1.54) is 24.8 Å². The van der Waals surface area contributed by atoms with Crippen molar-refractivity contribution in [3.8, 4) is 11.5 Å². The average molecular weight is 341 g/mol. The first kappa shape index (κ1) is 15.7.